The van der Waals surface area contributed by atoms with Crippen LogP contribution in [0.2, 0.25) is 0 Å². The smallest absolute Gasteiger partial charge is 0.299 e. The van der Waals surface area contributed by atoms with E-state index in [-0.39, 0.29) is 5.92 Å². The largest absolute Gasteiger partial charge is 0.320 e. The van der Waals surface area contributed by atoms with Gasteiger partial charge in [-0.2, -0.15) is 13.1 Å². The molecule has 0 bridgehead atoms. The van der Waals surface area contributed by atoms with Crippen molar-refractivity contribution in [3.63, 3.8) is 0 Å². The topological polar surface area (TPSA) is 84.2 Å². The Morgan fingerprint density at radius 3 is 2.42 bits per heavy atom. The number of rotatable bonds is 5. The second kappa shape index (κ2) is 7.14. The van der Waals surface area contributed by atoms with Crippen molar-refractivity contribution in [1.29, 1.82) is 0 Å². The van der Waals surface area contributed by atoms with Crippen molar-refractivity contribution in [1.82, 2.24) is 4.72 Å². The molecule has 4 N–H and O–H groups in total. The summed E-state index contributed by atoms with van der Waals surface area (Å²) in [7, 11) is -3.52. The van der Waals surface area contributed by atoms with Crippen LogP contribution in [0.3, 0.4) is 0 Å². The van der Waals surface area contributed by atoms with Gasteiger partial charge < -0.3 is 5.73 Å². The Morgan fingerprint density at radius 1 is 1.26 bits per heavy atom. The number of hydrogen-bond donors (Lipinski definition) is 3. The number of benzene rings is 1. The van der Waals surface area contributed by atoms with Gasteiger partial charge in [0.15, 0.2) is 0 Å². The highest BCUT2D eigenvalue weighted by atomic mass is 32.2. The summed E-state index contributed by atoms with van der Waals surface area (Å²) in [6.07, 6.45) is 0. The molecule has 6 heteroatoms. The molecule has 0 aliphatic carbocycles. The maximum atomic E-state index is 11.7. The average molecular weight is 281 g/mol. The molecule has 0 spiro atoms. The van der Waals surface area contributed by atoms with Crippen molar-refractivity contribution < 1.29 is 8.42 Å². The molecule has 0 fully saturated rings. The molecule has 0 saturated carbocycles. The third kappa shape index (κ3) is 6.25. The minimum absolute atomic E-state index is 0.255. The zero-order chi connectivity index (χ0) is 14.3. The van der Waals surface area contributed by atoms with Gasteiger partial charge in [0.25, 0.3) is 10.2 Å². The fourth-order valence-corrected chi connectivity index (χ4v) is 2.31. The SMILES string of the molecule is CC(C)CNS(=O)(=O)Nc1ccc(C#CCN)cc1. The highest BCUT2D eigenvalue weighted by Gasteiger charge is 2.09. The van der Waals surface area contributed by atoms with E-state index in [1.165, 1.54) is 0 Å². The van der Waals surface area contributed by atoms with Crippen molar-refractivity contribution in [2.24, 2.45) is 11.7 Å². The van der Waals surface area contributed by atoms with Gasteiger partial charge in [0.1, 0.15) is 0 Å². The van der Waals surface area contributed by atoms with Crippen LogP contribution in [0.15, 0.2) is 24.3 Å². The molecule has 0 aliphatic rings. The van der Waals surface area contributed by atoms with Crippen LogP contribution in [-0.2, 0) is 10.2 Å². The molecule has 0 atom stereocenters. The Morgan fingerprint density at radius 2 is 1.89 bits per heavy atom. The van der Waals surface area contributed by atoms with Crippen molar-refractivity contribution in [3.05, 3.63) is 29.8 Å². The molecule has 1 aromatic carbocycles. The lowest BCUT2D eigenvalue weighted by molar-refractivity contribution is 0.565. The van der Waals surface area contributed by atoms with Crippen LogP contribution >= 0.6 is 0 Å². The van der Waals surface area contributed by atoms with Gasteiger partial charge in [0.05, 0.1) is 6.54 Å². The molecule has 1 aromatic rings. The molecular formula is C13H19N3O2S. The number of hydrogen-bond acceptors (Lipinski definition) is 3. The molecule has 0 radical (unpaired) electrons. The van der Waals surface area contributed by atoms with Crippen LogP contribution in [0.1, 0.15) is 19.4 Å². The Labute approximate surface area is 114 Å². The Kier molecular flexibility index (Phi) is 5.83. The summed E-state index contributed by atoms with van der Waals surface area (Å²) in [6, 6.07) is 6.80. The molecule has 19 heavy (non-hydrogen) atoms. The van der Waals surface area contributed by atoms with Crippen LogP contribution in [0.5, 0.6) is 0 Å². The van der Waals surface area contributed by atoms with E-state index in [4.69, 9.17) is 5.73 Å². The van der Waals surface area contributed by atoms with Crippen LogP contribution in [0.4, 0.5) is 5.69 Å². The van der Waals surface area contributed by atoms with E-state index in [0.29, 0.717) is 18.8 Å². The standard InChI is InChI=1S/C13H19N3O2S/c1-11(2)10-15-19(17,18)16-13-7-5-12(6-8-13)4-3-9-14/h5-8,11,15-16H,9-10,14H2,1-2H3. The molecule has 0 heterocycles. The first kappa shape index (κ1) is 15.5. The van der Waals surface area contributed by atoms with Gasteiger partial charge >= 0.3 is 0 Å². The number of nitrogens with two attached hydrogens (primary N) is 1. The fraction of sp³-hybridized carbons (Fsp3) is 0.385. The van der Waals surface area contributed by atoms with Crippen LogP contribution in [-0.4, -0.2) is 21.5 Å². The maximum absolute atomic E-state index is 11.7. The van der Waals surface area contributed by atoms with Crippen molar-refractivity contribution in [3.8, 4) is 11.8 Å². The second-order valence-electron chi connectivity index (χ2n) is 4.43. The number of nitrogens with one attached hydrogen (secondary N) is 2. The predicted molar refractivity (Wildman–Crippen MR) is 77.8 cm³/mol. The Balaban J connectivity index is 2.67. The molecule has 5 nitrogen and oxygen atoms in total. The van der Waals surface area contributed by atoms with E-state index in [2.05, 4.69) is 21.3 Å². The van der Waals surface area contributed by atoms with Gasteiger partial charge in [-0.15, -0.1) is 0 Å². The molecule has 104 valence electrons. The van der Waals surface area contributed by atoms with Crippen molar-refractivity contribution >= 4 is 15.9 Å². The second-order valence-corrected chi connectivity index (χ2v) is 5.93. The summed E-state index contributed by atoms with van der Waals surface area (Å²) in [5, 5.41) is 0. The van der Waals surface area contributed by atoms with E-state index < -0.39 is 10.2 Å². The highest BCUT2D eigenvalue weighted by molar-refractivity contribution is 7.90. The monoisotopic (exact) mass is 281 g/mol. The maximum Gasteiger partial charge on any atom is 0.299 e. The van der Waals surface area contributed by atoms with Crippen LogP contribution < -0.4 is 15.2 Å². The highest BCUT2D eigenvalue weighted by Crippen LogP contribution is 2.10. The molecule has 0 aromatic heterocycles. The van der Waals surface area contributed by atoms with Crippen LogP contribution in [0, 0.1) is 17.8 Å². The lowest BCUT2D eigenvalue weighted by Gasteiger charge is -2.10. The lowest BCUT2D eigenvalue weighted by atomic mass is 10.2. The third-order valence-electron chi connectivity index (χ3n) is 2.15. The van der Waals surface area contributed by atoms with E-state index in [9.17, 15) is 8.42 Å². The molecule has 0 unspecified atom stereocenters. The van der Waals surface area contributed by atoms with Gasteiger partial charge in [0, 0.05) is 17.8 Å². The Hall–Kier alpha value is -1.55. The lowest BCUT2D eigenvalue weighted by Crippen LogP contribution is -2.32. The van der Waals surface area contributed by atoms with E-state index in [1.807, 2.05) is 13.8 Å². The van der Waals surface area contributed by atoms with E-state index in [0.717, 1.165) is 5.56 Å². The molecule has 1 rings (SSSR count). The summed E-state index contributed by atoms with van der Waals surface area (Å²) in [6.45, 7) is 4.57. The zero-order valence-corrected chi connectivity index (χ0v) is 11.9. The first-order valence-corrected chi connectivity index (χ1v) is 7.47. The average Bonchev–Trinajstić information content (AvgIpc) is 2.35. The summed E-state index contributed by atoms with van der Waals surface area (Å²) in [4.78, 5) is 0. The third-order valence-corrected chi connectivity index (χ3v) is 3.20. The van der Waals surface area contributed by atoms with Gasteiger partial charge in [-0.3, -0.25) is 4.72 Å². The molecule has 0 aliphatic heterocycles. The van der Waals surface area contributed by atoms with Gasteiger partial charge in [-0.25, -0.2) is 0 Å². The minimum Gasteiger partial charge on any atom is -0.320 e. The van der Waals surface area contributed by atoms with E-state index in [1.54, 1.807) is 24.3 Å². The van der Waals surface area contributed by atoms with E-state index >= 15 is 0 Å². The minimum atomic E-state index is -3.52. The molecular weight excluding hydrogens is 262 g/mol. The van der Waals surface area contributed by atoms with Gasteiger partial charge in [-0.1, -0.05) is 25.7 Å². The molecule has 0 saturated heterocycles. The summed E-state index contributed by atoms with van der Waals surface area (Å²) in [5.74, 6) is 5.85. The normalized spacial score (nSPS) is 10.9. The van der Waals surface area contributed by atoms with Gasteiger partial charge in [-0.05, 0) is 30.2 Å². The molecule has 0 amide bonds. The quantitative estimate of drug-likeness (QED) is 0.701. The Bertz CT molecular complexity index is 554. The number of anilines is 1. The predicted octanol–water partition coefficient (Wildman–Crippen LogP) is 0.899. The summed E-state index contributed by atoms with van der Waals surface area (Å²) >= 11 is 0. The van der Waals surface area contributed by atoms with Crippen LogP contribution in [0.25, 0.3) is 0 Å². The summed E-state index contributed by atoms with van der Waals surface area (Å²) in [5.41, 5.74) is 6.56. The van der Waals surface area contributed by atoms with Gasteiger partial charge in [0.2, 0.25) is 0 Å². The van der Waals surface area contributed by atoms with Crippen molar-refractivity contribution in [2.45, 2.75) is 13.8 Å². The van der Waals surface area contributed by atoms with Crippen molar-refractivity contribution in [2.75, 3.05) is 17.8 Å². The first-order valence-electron chi connectivity index (χ1n) is 5.99. The fourth-order valence-electron chi connectivity index (χ4n) is 1.24. The first-order chi connectivity index (χ1) is 8.93. The zero-order valence-electron chi connectivity index (χ0n) is 11.1. The summed E-state index contributed by atoms with van der Waals surface area (Å²) < 4.78 is 28.3.